The van der Waals surface area contributed by atoms with Crippen LogP contribution >= 0.6 is 0 Å². The lowest BCUT2D eigenvalue weighted by Gasteiger charge is -2.02. The third kappa shape index (κ3) is 11.7. The van der Waals surface area contributed by atoms with E-state index in [2.05, 4.69) is 19.2 Å². The summed E-state index contributed by atoms with van der Waals surface area (Å²) in [4.78, 5) is 10.4. The number of amides is 1. The van der Waals surface area contributed by atoms with E-state index in [9.17, 15) is 4.79 Å². The Labute approximate surface area is 124 Å². The van der Waals surface area contributed by atoms with Crippen molar-refractivity contribution in [3.8, 4) is 0 Å². The van der Waals surface area contributed by atoms with Crippen molar-refractivity contribution in [2.75, 3.05) is 13.1 Å². The Morgan fingerprint density at radius 2 is 1.45 bits per heavy atom. The van der Waals surface area contributed by atoms with Crippen molar-refractivity contribution in [1.29, 1.82) is 0 Å². The Kier molecular flexibility index (Phi) is 13.1. The fraction of sp³-hybridized carbons (Fsp3) is 0.588. The molecule has 1 rings (SSSR count). The van der Waals surface area contributed by atoms with Crippen molar-refractivity contribution < 1.29 is 4.79 Å². The van der Waals surface area contributed by atoms with E-state index in [1.807, 2.05) is 6.07 Å². The molecular weight excluding hydrogens is 248 g/mol. The van der Waals surface area contributed by atoms with Gasteiger partial charge in [-0.1, -0.05) is 57.7 Å². The first-order valence-electron chi connectivity index (χ1n) is 7.77. The van der Waals surface area contributed by atoms with E-state index in [0.717, 1.165) is 0 Å². The fourth-order valence-corrected chi connectivity index (χ4v) is 1.73. The molecule has 0 bridgehead atoms. The number of primary amides is 1. The lowest BCUT2D eigenvalue weighted by Crippen LogP contribution is -2.16. The summed E-state index contributed by atoms with van der Waals surface area (Å²) in [7, 11) is 0. The minimum atomic E-state index is -0.379. The van der Waals surface area contributed by atoms with E-state index >= 15 is 0 Å². The molecule has 114 valence electrons. The maximum atomic E-state index is 10.4. The molecule has 0 heterocycles. The zero-order valence-corrected chi connectivity index (χ0v) is 13.0. The minimum Gasteiger partial charge on any atom is -0.366 e. The van der Waals surface area contributed by atoms with Crippen LogP contribution in [0, 0.1) is 0 Å². The van der Waals surface area contributed by atoms with Crippen LogP contribution < -0.4 is 11.1 Å². The summed E-state index contributed by atoms with van der Waals surface area (Å²) in [5.41, 5.74) is 5.53. The number of nitrogens with two attached hydrogens (primary N) is 1. The molecule has 3 heteroatoms. The summed E-state index contributed by atoms with van der Waals surface area (Å²) < 4.78 is 0. The number of nitrogens with one attached hydrogen (secondary N) is 1. The highest BCUT2D eigenvalue weighted by atomic mass is 16.1. The molecule has 0 aliphatic rings. The molecular formula is C17H30N2O. The largest absolute Gasteiger partial charge is 0.366 e. The highest BCUT2D eigenvalue weighted by molar-refractivity contribution is 5.92. The van der Waals surface area contributed by atoms with Crippen LogP contribution in [-0.2, 0) is 0 Å². The van der Waals surface area contributed by atoms with Gasteiger partial charge in [0.05, 0.1) is 0 Å². The average Bonchev–Trinajstić information content (AvgIpc) is 2.48. The molecule has 1 amide bonds. The van der Waals surface area contributed by atoms with Crippen LogP contribution in [0.2, 0.25) is 0 Å². The van der Waals surface area contributed by atoms with Gasteiger partial charge in [-0.3, -0.25) is 4.79 Å². The summed E-state index contributed by atoms with van der Waals surface area (Å²) in [5.74, 6) is -0.379. The molecule has 3 N–H and O–H groups in total. The first-order valence-corrected chi connectivity index (χ1v) is 7.77. The third-order valence-electron chi connectivity index (χ3n) is 2.97. The molecule has 0 aliphatic heterocycles. The van der Waals surface area contributed by atoms with Gasteiger partial charge in [0.1, 0.15) is 0 Å². The lowest BCUT2D eigenvalue weighted by molar-refractivity contribution is 0.100. The zero-order chi connectivity index (χ0) is 15.1. The summed E-state index contributed by atoms with van der Waals surface area (Å²) in [6.07, 6.45) is 8.11. The third-order valence-corrected chi connectivity index (χ3v) is 2.97. The maximum Gasteiger partial charge on any atom is 0.248 e. The molecule has 20 heavy (non-hydrogen) atoms. The van der Waals surface area contributed by atoms with Gasteiger partial charge in [0.15, 0.2) is 0 Å². The molecule has 1 aromatic carbocycles. The van der Waals surface area contributed by atoms with Crippen LogP contribution in [0.3, 0.4) is 0 Å². The van der Waals surface area contributed by atoms with Gasteiger partial charge in [0.2, 0.25) is 5.91 Å². The molecule has 3 nitrogen and oxygen atoms in total. The molecule has 1 aromatic rings. The summed E-state index contributed by atoms with van der Waals surface area (Å²) in [6.45, 7) is 6.93. The average molecular weight is 278 g/mol. The number of benzene rings is 1. The van der Waals surface area contributed by atoms with Crippen molar-refractivity contribution in [2.24, 2.45) is 5.73 Å². The van der Waals surface area contributed by atoms with E-state index in [1.54, 1.807) is 24.3 Å². The number of rotatable bonds is 9. The van der Waals surface area contributed by atoms with Crippen LogP contribution in [0.4, 0.5) is 0 Å². The van der Waals surface area contributed by atoms with Crippen molar-refractivity contribution in [3.63, 3.8) is 0 Å². The van der Waals surface area contributed by atoms with E-state index in [1.165, 1.54) is 51.6 Å². The van der Waals surface area contributed by atoms with Crippen molar-refractivity contribution >= 4 is 5.91 Å². The summed E-state index contributed by atoms with van der Waals surface area (Å²) in [6, 6.07) is 8.76. The van der Waals surface area contributed by atoms with Gasteiger partial charge < -0.3 is 11.1 Å². The Bertz CT molecular complexity index is 317. The van der Waals surface area contributed by atoms with Crippen molar-refractivity contribution in [3.05, 3.63) is 35.9 Å². The molecule has 0 radical (unpaired) electrons. The molecule has 0 unspecified atom stereocenters. The topological polar surface area (TPSA) is 55.1 Å². The van der Waals surface area contributed by atoms with Crippen LogP contribution in [0.5, 0.6) is 0 Å². The van der Waals surface area contributed by atoms with E-state index in [0.29, 0.717) is 5.56 Å². The quantitative estimate of drug-likeness (QED) is 0.676. The van der Waals surface area contributed by atoms with Gasteiger partial charge >= 0.3 is 0 Å². The summed E-state index contributed by atoms with van der Waals surface area (Å²) >= 11 is 0. The monoisotopic (exact) mass is 278 g/mol. The van der Waals surface area contributed by atoms with Gasteiger partial charge in [-0.05, 0) is 38.1 Å². The van der Waals surface area contributed by atoms with Gasteiger partial charge in [-0.25, -0.2) is 0 Å². The number of hydrogen-bond acceptors (Lipinski definition) is 2. The predicted molar refractivity (Wildman–Crippen MR) is 86.9 cm³/mol. The fourth-order valence-electron chi connectivity index (χ4n) is 1.73. The molecule has 0 atom stereocenters. The SMILES string of the molecule is CCCCCNCCCCC.NC(=O)c1ccccc1. The van der Waals surface area contributed by atoms with Crippen LogP contribution in [0.25, 0.3) is 0 Å². The number of unbranched alkanes of at least 4 members (excludes halogenated alkanes) is 4. The van der Waals surface area contributed by atoms with Crippen LogP contribution in [-0.4, -0.2) is 19.0 Å². The number of hydrogen-bond donors (Lipinski definition) is 2. The van der Waals surface area contributed by atoms with Gasteiger partial charge in [0.25, 0.3) is 0 Å². The van der Waals surface area contributed by atoms with Gasteiger partial charge in [0, 0.05) is 5.56 Å². The second-order valence-corrected chi connectivity index (χ2v) is 4.89. The van der Waals surface area contributed by atoms with Crippen molar-refractivity contribution in [2.45, 2.75) is 52.4 Å². The minimum absolute atomic E-state index is 0.379. The number of carbonyl (C=O) groups excluding carboxylic acids is 1. The highest BCUT2D eigenvalue weighted by Crippen LogP contribution is 1.95. The molecule has 0 aliphatic carbocycles. The molecule has 0 fully saturated rings. The maximum absolute atomic E-state index is 10.4. The summed E-state index contributed by atoms with van der Waals surface area (Å²) in [5, 5.41) is 3.46. The van der Waals surface area contributed by atoms with Gasteiger partial charge in [-0.2, -0.15) is 0 Å². The van der Waals surface area contributed by atoms with E-state index in [-0.39, 0.29) is 5.91 Å². The Hall–Kier alpha value is -1.35. The highest BCUT2D eigenvalue weighted by Gasteiger charge is 1.93. The molecule has 0 saturated carbocycles. The van der Waals surface area contributed by atoms with Crippen LogP contribution in [0.1, 0.15) is 62.7 Å². The standard InChI is InChI=1S/C10H23N.C7H7NO/c1-3-5-7-9-11-10-8-6-4-2;8-7(9)6-4-2-1-3-5-6/h11H,3-10H2,1-2H3;1-5H,(H2,8,9). The van der Waals surface area contributed by atoms with Crippen molar-refractivity contribution in [1.82, 2.24) is 5.32 Å². The lowest BCUT2D eigenvalue weighted by atomic mass is 10.2. The second-order valence-electron chi connectivity index (χ2n) is 4.89. The van der Waals surface area contributed by atoms with E-state index < -0.39 is 0 Å². The predicted octanol–water partition coefficient (Wildman–Crippen LogP) is 3.74. The van der Waals surface area contributed by atoms with E-state index in [4.69, 9.17) is 5.73 Å². The normalized spacial score (nSPS) is 9.70. The zero-order valence-electron chi connectivity index (χ0n) is 13.0. The Morgan fingerprint density at radius 3 is 1.80 bits per heavy atom. The first-order chi connectivity index (χ1) is 9.72. The second kappa shape index (κ2) is 14.1. The molecule has 0 saturated heterocycles. The number of carbonyl (C=O) groups is 1. The Morgan fingerprint density at radius 1 is 0.950 bits per heavy atom. The first kappa shape index (κ1) is 18.7. The molecule has 0 aromatic heterocycles. The van der Waals surface area contributed by atoms with Gasteiger partial charge in [-0.15, -0.1) is 0 Å². The molecule has 0 spiro atoms. The Balaban J connectivity index is 0.000000367. The van der Waals surface area contributed by atoms with Crippen LogP contribution in [0.15, 0.2) is 30.3 Å². The smallest absolute Gasteiger partial charge is 0.248 e.